The lowest BCUT2D eigenvalue weighted by Gasteiger charge is -2.28. The summed E-state index contributed by atoms with van der Waals surface area (Å²) >= 11 is 0. The van der Waals surface area contributed by atoms with Crippen LogP contribution in [0.2, 0.25) is 0 Å². The lowest BCUT2D eigenvalue weighted by atomic mass is 9.95. The lowest BCUT2D eigenvalue weighted by molar-refractivity contribution is 0.334. The van der Waals surface area contributed by atoms with Gasteiger partial charge in [-0.05, 0) is 44.1 Å². The molecule has 0 amide bonds. The van der Waals surface area contributed by atoms with Crippen LogP contribution in [0.25, 0.3) is 0 Å². The van der Waals surface area contributed by atoms with Crippen molar-refractivity contribution in [2.75, 3.05) is 6.54 Å². The van der Waals surface area contributed by atoms with E-state index in [2.05, 4.69) is 56.4 Å². The molecule has 0 aliphatic heterocycles. The summed E-state index contributed by atoms with van der Waals surface area (Å²) in [4.78, 5) is 0. The van der Waals surface area contributed by atoms with Crippen LogP contribution in [0.3, 0.4) is 0 Å². The van der Waals surface area contributed by atoms with Crippen LogP contribution >= 0.6 is 0 Å². The highest BCUT2D eigenvalue weighted by Gasteiger charge is 2.37. The number of hydrogen-bond acceptors (Lipinski definition) is 1. The lowest BCUT2D eigenvalue weighted by Crippen LogP contribution is -2.43. The highest BCUT2D eigenvalue weighted by molar-refractivity contribution is 5.19. The first-order valence-corrected chi connectivity index (χ1v) is 6.39. The van der Waals surface area contributed by atoms with E-state index in [-0.39, 0.29) is 0 Å². The van der Waals surface area contributed by atoms with Gasteiger partial charge < -0.3 is 5.32 Å². The molecule has 1 aromatic rings. The van der Waals surface area contributed by atoms with Crippen molar-refractivity contribution in [1.82, 2.24) is 5.32 Å². The molecular weight excluding hydrogens is 194 g/mol. The predicted molar refractivity (Wildman–Crippen MR) is 69.7 cm³/mol. The summed E-state index contributed by atoms with van der Waals surface area (Å²) in [6.45, 7) is 8.05. The van der Waals surface area contributed by atoms with Crippen molar-refractivity contribution in [1.29, 1.82) is 0 Å². The number of rotatable bonds is 5. The Kier molecular flexibility index (Phi) is 3.34. The maximum Gasteiger partial charge on any atom is 0.0153 e. The molecule has 1 saturated carbocycles. The molecule has 0 aromatic heterocycles. The number of nitrogens with one attached hydrogen (secondary N) is 1. The third-order valence-electron chi connectivity index (χ3n) is 3.83. The minimum atomic E-state index is 0.322. The quantitative estimate of drug-likeness (QED) is 0.795. The van der Waals surface area contributed by atoms with Crippen molar-refractivity contribution in [2.45, 2.75) is 45.1 Å². The molecule has 1 atom stereocenters. The Bertz CT molecular complexity index is 325. The van der Waals surface area contributed by atoms with Gasteiger partial charge in [0.25, 0.3) is 0 Å². The molecule has 16 heavy (non-hydrogen) atoms. The zero-order valence-electron chi connectivity index (χ0n) is 10.7. The molecule has 1 heteroatoms. The van der Waals surface area contributed by atoms with E-state index in [1.807, 2.05) is 0 Å². The molecule has 1 N–H and O–H groups in total. The third-order valence-corrected chi connectivity index (χ3v) is 3.83. The first-order valence-electron chi connectivity index (χ1n) is 6.39. The van der Waals surface area contributed by atoms with Gasteiger partial charge in [0.15, 0.2) is 0 Å². The van der Waals surface area contributed by atoms with E-state index in [1.54, 1.807) is 0 Å². The Morgan fingerprint density at radius 3 is 2.44 bits per heavy atom. The average Bonchev–Trinajstić information content (AvgIpc) is 3.11. The minimum absolute atomic E-state index is 0.322. The Hall–Kier alpha value is -0.820. The fraction of sp³-hybridized carbons (Fsp3) is 0.600. The van der Waals surface area contributed by atoms with Gasteiger partial charge >= 0.3 is 0 Å². The summed E-state index contributed by atoms with van der Waals surface area (Å²) in [5, 5.41) is 3.72. The Balaban J connectivity index is 1.86. The van der Waals surface area contributed by atoms with Gasteiger partial charge in [0.1, 0.15) is 0 Å². The van der Waals surface area contributed by atoms with Crippen LogP contribution in [0.4, 0.5) is 0 Å². The van der Waals surface area contributed by atoms with Gasteiger partial charge in [-0.15, -0.1) is 0 Å². The smallest absolute Gasteiger partial charge is 0.0153 e. The molecule has 0 saturated heterocycles. The van der Waals surface area contributed by atoms with Crippen molar-refractivity contribution in [3.63, 3.8) is 0 Å². The molecule has 2 rings (SSSR count). The number of hydrogen-bond donors (Lipinski definition) is 1. The first kappa shape index (κ1) is 11.7. The second-order valence-corrected chi connectivity index (χ2v) is 5.69. The molecule has 0 heterocycles. The molecule has 1 aromatic carbocycles. The van der Waals surface area contributed by atoms with Gasteiger partial charge in [0.05, 0.1) is 0 Å². The van der Waals surface area contributed by atoms with Crippen molar-refractivity contribution in [3.8, 4) is 0 Å². The molecule has 1 aliphatic rings. The van der Waals surface area contributed by atoms with Gasteiger partial charge in [-0.1, -0.05) is 37.3 Å². The van der Waals surface area contributed by atoms with E-state index in [0.29, 0.717) is 11.5 Å². The largest absolute Gasteiger partial charge is 0.311 e. The van der Waals surface area contributed by atoms with Crippen LogP contribution in [0, 0.1) is 5.92 Å². The van der Waals surface area contributed by atoms with Crippen LogP contribution < -0.4 is 5.32 Å². The molecule has 1 unspecified atom stereocenters. The van der Waals surface area contributed by atoms with Gasteiger partial charge in [0, 0.05) is 12.1 Å². The molecule has 0 spiro atoms. The van der Waals surface area contributed by atoms with Gasteiger partial charge in [-0.25, -0.2) is 0 Å². The standard InChI is InChI=1S/C15H23N/c1-12(13-7-5-4-6-8-13)11-16-15(2,3)14-9-10-14/h4-8,12,14,16H,9-11H2,1-3H3. The topological polar surface area (TPSA) is 12.0 Å². The summed E-state index contributed by atoms with van der Waals surface area (Å²) in [5.41, 5.74) is 1.75. The van der Waals surface area contributed by atoms with E-state index < -0.39 is 0 Å². The van der Waals surface area contributed by atoms with E-state index in [0.717, 1.165) is 12.5 Å². The number of benzene rings is 1. The van der Waals surface area contributed by atoms with Crippen LogP contribution in [-0.4, -0.2) is 12.1 Å². The molecule has 0 bridgehead atoms. The highest BCUT2D eigenvalue weighted by Crippen LogP contribution is 2.39. The maximum atomic E-state index is 3.72. The Morgan fingerprint density at radius 1 is 1.25 bits per heavy atom. The normalized spacial score (nSPS) is 18.4. The molecule has 88 valence electrons. The predicted octanol–water partition coefficient (Wildman–Crippen LogP) is 3.57. The zero-order chi connectivity index (χ0) is 11.6. The Morgan fingerprint density at radius 2 is 1.88 bits per heavy atom. The van der Waals surface area contributed by atoms with Gasteiger partial charge in [-0.2, -0.15) is 0 Å². The van der Waals surface area contributed by atoms with Crippen molar-refractivity contribution < 1.29 is 0 Å². The molecule has 1 aliphatic carbocycles. The van der Waals surface area contributed by atoms with E-state index in [1.165, 1.54) is 18.4 Å². The molecule has 1 nitrogen and oxygen atoms in total. The zero-order valence-corrected chi connectivity index (χ0v) is 10.7. The van der Waals surface area contributed by atoms with Crippen LogP contribution in [0.15, 0.2) is 30.3 Å². The second-order valence-electron chi connectivity index (χ2n) is 5.69. The summed E-state index contributed by atoms with van der Waals surface area (Å²) in [6, 6.07) is 10.8. The average molecular weight is 217 g/mol. The summed E-state index contributed by atoms with van der Waals surface area (Å²) in [6.07, 6.45) is 2.80. The van der Waals surface area contributed by atoms with Gasteiger partial charge in [-0.3, -0.25) is 0 Å². The van der Waals surface area contributed by atoms with E-state index >= 15 is 0 Å². The highest BCUT2D eigenvalue weighted by atomic mass is 15.0. The molecule has 0 radical (unpaired) electrons. The summed E-state index contributed by atoms with van der Waals surface area (Å²) in [5.74, 6) is 1.50. The molecular formula is C15H23N. The maximum absolute atomic E-state index is 3.72. The fourth-order valence-electron chi connectivity index (χ4n) is 2.26. The first-order chi connectivity index (χ1) is 7.59. The summed E-state index contributed by atoms with van der Waals surface area (Å²) < 4.78 is 0. The van der Waals surface area contributed by atoms with Crippen molar-refractivity contribution in [2.24, 2.45) is 5.92 Å². The Labute approximate surface area is 99.3 Å². The monoisotopic (exact) mass is 217 g/mol. The minimum Gasteiger partial charge on any atom is -0.311 e. The van der Waals surface area contributed by atoms with Crippen molar-refractivity contribution >= 4 is 0 Å². The van der Waals surface area contributed by atoms with E-state index in [9.17, 15) is 0 Å². The third kappa shape index (κ3) is 2.85. The summed E-state index contributed by atoms with van der Waals surface area (Å²) in [7, 11) is 0. The fourth-order valence-corrected chi connectivity index (χ4v) is 2.26. The van der Waals surface area contributed by atoms with Crippen LogP contribution in [-0.2, 0) is 0 Å². The van der Waals surface area contributed by atoms with Gasteiger partial charge in [0.2, 0.25) is 0 Å². The van der Waals surface area contributed by atoms with E-state index in [4.69, 9.17) is 0 Å². The van der Waals surface area contributed by atoms with Crippen LogP contribution in [0.1, 0.15) is 45.1 Å². The van der Waals surface area contributed by atoms with Crippen molar-refractivity contribution in [3.05, 3.63) is 35.9 Å². The SMILES string of the molecule is CC(CNC(C)(C)C1CC1)c1ccccc1. The van der Waals surface area contributed by atoms with Crippen LogP contribution in [0.5, 0.6) is 0 Å². The second kappa shape index (κ2) is 4.58. The molecule has 1 fully saturated rings.